The van der Waals surface area contributed by atoms with Crippen molar-refractivity contribution in [2.45, 2.75) is 12.8 Å². The van der Waals surface area contributed by atoms with E-state index in [1.165, 1.54) is 0 Å². The molecule has 1 aliphatic rings. The number of benzene rings is 1. The van der Waals surface area contributed by atoms with Gasteiger partial charge in [-0.25, -0.2) is 0 Å². The smallest absolute Gasteiger partial charge is 0.248 e. The van der Waals surface area contributed by atoms with Crippen molar-refractivity contribution in [2.75, 3.05) is 31.5 Å². The molecule has 0 unspecified atom stereocenters. The number of nitrogens with one attached hydrogen (secondary N) is 2. The maximum absolute atomic E-state index is 11.8. The summed E-state index contributed by atoms with van der Waals surface area (Å²) in [6.07, 6.45) is 2.06. The van der Waals surface area contributed by atoms with Crippen LogP contribution in [0.15, 0.2) is 24.3 Å². The monoisotopic (exact) mass is 304 g/mol. The second-order valence-corrected chi connectivity index (χ2v) is 5.16. The largest absolute Gasteiger partial charge is 0.376 e. The molecule has 22 heavy (non-hydrogen) atoms. The molecule has 118 valence electrons. The third-order valence-corrected chi connectivity index (χ3v) is 3.52. The number of carbonyl (C=O) groups is 3. The summed E-state index contributed by atoms with van der Waals surface area (Å²) in [6, 6.07) is 6.50. The lowest BCUT2D eigenvalue weighted by molar-refractivity contribution is -0.131. The zero-order chi connectivity index (χ0) is 15.9. The summed E-state index contributed by atoms with van der Waals surface area (Å²) in [5.74, 6) is -0.798. The first-order chi connectivity index (χ1) is 10.6. The van der Waals surface area contributed by atoms with E-state index in [2.05, 4.69) is 10.6 Å². The van der Waals surface area contributed by atoms with E-state index in [0.717, 1.165) is 25.9 Å². The minimum Gasteiger partial charge on any atom is -0.376 e. The van der Waals surface area contributed by atoms with Gasteiger partial charge in [0.1, 0.15) is 0 Å². The second-order valence-electron chi connectivity index (χ2n) is 5.16. The number of hydrogen-bond acceptors (Lipinski definition) is 4. The molecule has 1 saturated heterocycles. The number of nitrogens with two attached hydrogens (primary N) is 1. The highest BCUT2D eigenvalue weighted by molar-refractivity contribution is 5.93. The van der Waals surface area contributed by atoms with Crippen LogP contribution in [0, 0.1) is 0 Å². The van der Waals surface area contributed by atoms with Crippen molar-refractivity contribution < 1.29 is 14.4 Å². The average molecular weight is 304 g/mol. The van der Waals surface area contributed by atoms with Crippen LogP contribution in [0.4, 0.5) is 5.69 Å². The number of primary amides is 1. The SMILES string of the molecule is NC(=O)c1ccc(NCC(=O)NCC(=O)N2CCCC2)cc1. The molecule has 0 atom stereocenters. The van der Waals surface area contributed by atoms with Crippen LogP contribution in [0.2, 0.25) is 0 Å². The molecular weight excluding hydrogens is 284 g/mol. The Kier molecular flexibility index (Phi) is 5.35. The molecule has 0 bridgehead atoms. The van der Waals surface area contributed by atoms with Crippen molar-refractivity contribution in [1.82, 2.24) is 10.2 Å². The van der Waals surface area contributed by atoms with Gasteiger partial charge >= 0.3 is 0 Å². The zero-order valence-corrected chi connectivity index (χ0v) is 12.3. The van der Waals surface area contributed by atoms with Crippen molar-refractivity contribution in [3.8, 4) is 0 Å². The van der Waals surface area contributed by atoms with Crippen LogP contribution in [-0.2, 0) is 9.59 Å². The molecule has 0 radical (unpaired) electrons. The van der Waals surface area contributed by atoms with Crippen LogP contribution in [0.25, 0.3) is 0 Å². The maximum Gasteiger partial charge on any atom is 0.248 e. The Morgan fingerprint density at radius 1 is 1.05 bits per heavy atom. The maximum atomic E-state index is 11.8. The summed E-state index contributed by atoms with van der Waals surface area (Å²) in [5, 5.41) is 5.51. The van der Waals surface area contributed by atoms with Crippen molar-refractivity contribution in [2.24, 2.45) is 5.73 Å². The zero-order valence-electron chi connectivity index (χ0n) is 12.3. The fraction of sp³-hybridized carbons (Fsp3) is 0.400. The third kappa shape index (κ3) is 4.47. The summed E-state index contributed by atoms with van der Waals surface area (Å²) >= 11 is 0. The molecule has 1 aliphatic heterocycles. The molecule has 1 aromatic carbocycles. The Balaban J connectivity index is 1.70. The highest BCUT2D eigenvalue weighted by atomic mass is 16.2. The molecule has 3 amide bonds. The minimum absolute atomic E-state index is 0.0289. The highest BCUT2D eigenvalue weighted by Gasteiger charge is 2.17. The van der Waals surface area contributed by atoms with Crippen LogP contribution in [0.5, 0.6) is 0 Å². The summed E-state index contributed by atoms with van der Waals surface area (Å²) in [4.78, 5) is 36.2. The van der Waals surface area contributed by atoms with E-state index in [1.54, 1.807) is 29.2 Å². The molecule has 0 aliphatic carbocycles. The quantitative estimate of drug-likeness (QED) is 0.684. The van der Waals surface area contributed by atoms with E-state index in [4.69, 9.17) is 5.73 Å². The fourth-order valence-electron chi connectivity index (χ4n) is 2.25. The summed E-state index contributed by atoms with van der Waals surface area (Å²) < 4.78 is 0. The molecule has 2 rings (SSSR count). The molecular formula is C15H20N4O3. The number of carbonyl (C=O) groups excluding carboxylic acids is 3. The van der Waals surface area contributed by atoms with Gasteiger partial charge in [0.25, 0.3) is 0 Å². The van der Waals surface area contributed by atoms with Gasteiger partial charge in [-0.2, -0.15) is 0 Å². The lowest BCUT2D eigenvalue weighted by Crippen LogP contribution is -2.40. The van der Waals surface area contributed by atoms with Crippen molar-refractivity contribution in [1.29, 1.82) is 0 Å². The van der Waals surface area contributed by atoms with E-state index in [1.807, 2.05) is 0 Å². The van der Waals surface area contributed by atoms with E-state index in [9.17, 15) is 14.4 Å². The van der Waals surface area contributed by atoms with Gasteiger partial charge in [-0.3, -0.25) is 14.4 Å². The van der Waals surface area contributed by atoms with Gasteiger partial charge in [-0.15, -0.1) is 0 Å². The molecule has 0 spiro atoms. The topological polar surface area (TPSA) is 105 Å². The number of hydrogen-bond donors (Lipinski definition) is 3. The van der Waals surface area contributed by atoms with Crippen LogP contribution in [0.3, 0.4) is 0 Å². The fourth-order valence-corrected chi connectivity index (χ4v) is 2.25. The number of nitrogens with zero attached hydrogens (tertiary/aromatic N) is 1. The van der Waals surface area contributed by atoms with Crippen molar-refractivity contribution >= 4 is 23.4 Å². The molecule has 1 aromatic rings. The summed E-state index contributed by atoms with van der Waals surface area (Å²) in [7, 11) is 0. The highest BCUT2D eigenvalue weighted by Crippen LogP contribution is 2.08. The van der Waals surface area contributed by atoms with Gasteiger partial charge in [-0.05, 0) is 37.1 Å². The van der Waals surface area contributed by atoms with Crippen molar-refractivity contribution in [3.63, 3.8) is 0 Å². The van der Waals surface area contributed by atoms with Crippen molar-refractivity contribution in [3.05, 3.63) is 29.8 Å². The van der Waals surface area contributed by atoms with Crippen LogP contribution < -0.4 is 16.4 Å². The van der Waals surface area contributed by atoms with Gasteiger partial charge in [0.05, 0.1) is 13.1 Å². The van der Waals surface area contributed by atoms with E-state index < -0.39 is 5.91 Å². The second kappa shape index (κ2) is 7.44. The standard InChI is InChI=1S/C15H20N4O3/c16-15(22)11-3-5-12(6-4-11)17-9-13(20)18-10-14(21)19-7-1-2-8-19/h3-6,17H,1-2,7-10H2,(H2,16,22)(H,18,20). The minimum atomic E-state index is -0.496. The van der Waals surface area contributed by atoms with E-state index in [-0.39, 0.29) is 24.9 Å². The average Bonchev–Trinajstić information content (AvgIpc) is 3.05. The molecule has 0 aromatic heterocycles. The third-order valence-electron chi connectivity index (χ3n) is 3.52. The number of likely N-dealkylation sites (tertiary alicyclic amines) is 1. The van der Waals surface area contributed by atoms with Crippen LogP contribution in [0.1, 0.15) is 23.2 Å². The first-order valence-electron chi connectivity index (χ1n) is 7.24. The molecule has 1 heterocycles. The Bertz CT molecular complexity index is 550. The first-order valence-corrected chi connectivity index (χ1v) is 7.24. The van der Waals surface area contributed by atoms with Gasteiger partial charge in [0.15, 0.2) is 0 Å². The van der Waals surface area contributed by atoms with Gasteiger partial charge in [-0.1, -0.05) is 0 Å². The number of rotatable bonds is 6. The number of amides is 3. The van der Waals surface area contributed by atoms with E-state index >= 15 is 0 Å². The summed E-state index contributed by atoms with van der Waals surface area (Å²) in [5.41, 5.74) is 6.25. The predicted molar refractivity (Wildman–Crippen MR) is 82.3 cm³/mol. The molecule has 7 nitrogen and oxygen atoms in total. The van der Waals surface area contributed by atoms with Gasteiger partial charge in [0, 0.05) is 24.3 Å². The molecule has 7 heteroatoms. The number of anilines is 1. The lowest BCUT2D eigenvalue weighted by Gasteiger charge is -2.15. The normalized spacial score (nSPS) is 13.7. The summed E-state index contributed by atoms with van der Waals surface area (Å²) in [6.45, 7) is 1.64. The first kappa shape index (κ1) is 15.8. The van der Waals surface area contributed by atoms with Crippen LogP contribution in [-0.4, -0.2) is 48.8 Å². The Hall–Kier alpha value is -2.57. The molecule has 4 N–H and O–H groups in total. The molecule has 1 fully saturated rings. The Labute approximate surface area is 128 Å². The Morgan fingerprint density at radius 3 is 2.27 bits per heavy atom. The molecule has 0 saturated carbocycles. The van der Waals surface area contributed by atoms with Gasteiger partial charge in [0.2, 0.25) is 17.7 Å². The Morgan fingerprint density at radius 2 is 1.68 bits per heavy atom. The lowest BCUT2D eigenvalue weighted by atomic mass is 10.2. The van der Waals surface area contributed by atoms with Crippen LogP contribution >= 0.6 is 0 Å². The predicted octanol–water partition coefficient (Wildman–Crippen LogP) is -0.0640. The van der Waals surface area contributed by atoms with Gasteiger partial charge < -0.3 is 21.3 Å². The van der Waals surface area contributed by atoms with E-state index in [0.29, 0.717) is 11.3 Å².